The zero-order chi connectivity index (χ0) is 7.91. The van der Waals surface area contributed by atoms with Crippen molar-refractivity contribution in [2.45, 2.75) is 0 Å². The number of hydrogen-bond donors (Lipinski definition) is 5. The molecule has 0 aliphatic heterocycles. The Kier molecular flexibility index (Phi) is 6.87. The first-order valence-corrected chi connectivity index (χ1v) is 3.20. The highest BCUT2D eigenvalue weighted by atomic mass is 31.2. The van der Waals surface area contributed by atoms with Gasteiger partial charge in [0, 0.05) is 0 Å². The lowest BCUT2D eigenvalue weighted by Crippen LogP contribution is -1.91. The number of hydrazone groups is 1. The maximum atomic E-state index is 8.88. The second kappa shape index (κ2) is 5.52. The van der Waals surface area contributed by atoms with Crippen molar-refractivity contribution < 1.29 is 19.2 Å². The number of hydrogen-bond acceptors (Lipinski definition) is 3. The third-order valence-electron chi connectivity index (χ3n) is 0.0861. The average molecular weight is 157 g/mol. The van der Waals surface area contributed by atoms with Gasteiger partial charge in [0.15, 0.2) is 0 Å². The summed E-state index contributed by atoms with van der Waals surface area (Å²) in [5.74, 6) is 4.47. The molecule has 0 aliphatic rings. The third-order valence-corrected chi connectivity index (χ3v) is 0.0861. The van der Waals surface area contributed by atoms with Gasteiger partial charge in [-0.1, -0.05) is 0 Å². The summed E-state index contributed by atoms with van der Waals surface area (Å²) < 4.78 is 8.88. The second-order valence-corrected chi connectivity index (χ2v) is 1.84. The van der Waals surface area contributed by atoms with Crippen LogP contribution < -0.4 is 11.6 Å². The topological polar surface area (TPSA) is 142 Å². The number of phosphoric acid groups is 1. The van der Waals surface area contributed by atoms with Crippen molar-refractivity contribution in [2.75, 3.05) is 0 Å². The summed E-state index contributed by atoms with van der Waals surface area (Å²) in [7, 11) is -4.64. The van der Waals surface area contributed by atoms with Crippen molar-refractivity contribution in [1.82, 2.24) is 0 Å². The molecule has 0 aliphatic carbocycles. The second-order valence-electron chi connectivity index (χ2n) is 0.811. The van der Waals surface area contributed by atoms with Gasteiger partial charge < -0.3 is 26.3 Å². The molecule has 7 N–H and O–H groups in total. The van der Waals surface area contributed by atoms with Gasteiger partial charge in [-0.2, -0.15) is 5.10 Å². The van der Waals surface area contributed by atoms with Crippen molar-refractivity contribution in [3.8, 4) is 0 Å². The van der Waals surface area contributed by atoms with Gasteiger partial charge in [0.2, 0.25) is 0 Å². The molecule has 0 aromatic rings. The zero-order valence-electron chi connectivity index (χ0n) is 4.38. The van der Waals surface area contributed by atoms with Crippen LogP contribution >= 0.6 is 7.82 Å². The maximum absolute atomic E-state index is 8.88. The van der Waals surface area contributed by atoms with Crippen molar-refractivity contribution in [1.29, 1.82) is 0 Å². The van der Waals surface area contributed by atoms with Crippen molar-refractivity contribution in [3.05, 3.63) is 0 Å². The summed E-state index contributed by atoms with van der Waals surface area (Å²) in [6, 6.07) is 0. The van der Waals surface area contributed by atoms with E-state index < -0.39 is 7.82 Å². The van der Waals surface area contributed by atoms with E-state index in [2.05, 4.69) is 16.7 Å². The minimum atomic E-state index is -4.64. The summed E-state index contributed by atoms with van der Waals surface area (Å²) in [6.45, 7) is 0. The summed E-state index contributed by atoms with van der Waals surface area (Å²) >= 11 is 0. The molecule has 9 heavy (non-hydrogen) atoms. The molecule has 8 heteroatoms. The van der Waals surface area contributed by atoms with Gasteiger partial charge in [0.25, 0.3) is 0 Å². The molecular formula is CH8N3O4P. The Morgan fingerprint density at radius 3 is 1.56 bits per heavy atom. The lowest BCUT2D eigenvalue weighted by Gasteiger charge is -1.82. The Bertz CT molecular complexity index is 105. The smallest absolute Gasteiger partial charge is 0.388 e. The van der Waals surface area contributed by atoms with E-state index >= 15 is 0 Å². The van der Waals surface area contributed by atoms with Crippen LogP contribution in [0, 0.1) is 0 Å². The zero-order valence-corrected chi connectivity index (χ0v) is 5.27. The molecule has 0 heterocycles. The molecule has 0 spiro atoms. The van der Waals surface area contributed by atoms with Crippen LogP contribution in [0.2, 0.25) is 0 Å². The summed E-state index contributed by atoms with van der Waals surface area (Å²) in [6.07, 6.45) is 1.03. The van der Waals surface area contributed by atoms with Gasteiger partial charge in [-0.3, -0.25) is 0 Å². The van der Waals surface area contributed by atoms with Gasteiger partial charge in [0.1, 0.15) is 6.34 Å². The Balaban J connectivity index is 0. The fourth-order valence-electron chi connectivity index (χ4n) is 0. The fraction of sp³-hybridized carbons (Fsp3) is 0. The minimum absolute atomic E-state index is 1.03. The Morgan fingerprint density at radius 1 is 1.44 bits per heavy atom. The van der Waals surface area contributed by atoms with E-state index in [9.17, 15) is 0 Å². The van der Waals surface area contributed by atoms with Crippen LogP contribution in [0.1, 0.15) is 0 Å². The standard InChI is InChI=1S/CH5N3.H3O4P/c2-1-4-3;1-5(2,3)4/h1H,3H2,(H2,2,4);(H3,1,2,3,4). The van der Waals surface area contributed by atoms with E-state index in [0.717, 1.165) is 6.34 Å². The average Bonchev–Trinajstić information content (AvgIpc) is 1.61. The number of nitrogens with zero attached hydrogens (tertiary/aromatic N) is 1. The van der Waals surface area contributed by atoms with Gasteiger partial charge in [-0.15, -0.1) is 0 Å². The molecule has 0 saturated carbocycles. The Hall–Kier alpha value is -0.620. The quantitative estimate of drug-likeness (QED) is 0.0897. The van der Waals surface area contributed by atoms with Crippen molar-refractivity contribution in [3.63, 3.8) is 0 Å². The summed E-state index contributed by atoms with van der Waals surface area (Å²) in [5.41, 5.74) is 4.61. The first-order valence-electron chi connectivity index (χ1n) is 1.63. The molecule has 0 radical (unpaired) electrons. The Morgan fingerprint density at radius 2 is 1.56 bits per heavy atom. The fourth-order valence-corrected chi connectivity index (χ4v) is 0. The predicted octanol–water partition coefficient (Wildman–Crippen LogP) is -2.08. The van der Waals surface area contributed by atoms with Crippen LogP contribution in [0.15, 0.2) is 5.10 Å². The minimum Gasteiger partial charge on any atom is -0.388 e. The van der Waals surface area contributed by atoms with Gasteiger partial charge in [0.05, 0.1) is 0 Å². The van der Waals surface area contributed by atoms with Crippen LogP contribution in [0.4, 0.5) is 0 Å². The van der Waals surface area contributed by atoms with Crippen molar-refractivity contribution >= 4 is 14.2 Å². The predicted molar refractivity (Wildman–Crippen MR) is 31.1 cm³/mol. The summed E-state index contributed by atoms with van der Waals surface area (Å²) in [4.78, 5) is 21.6. The molecule has 0 aromatic carbocycles. The molecule has 0 unspecified atom stereocenters. The number of nitrogens with two attached hydrogens (primary N) is 2. The van der Waals surface area contributed by atoms with Crippen LogP contribution in [-0.2, 0) is 4.57 Å². The lowest BCUT2D eigenvalue weighted by atomic mass is 11.4. The van der Waals surface area contributed by atoms with E-state index in [1.165, 1.54) is 0 Å². The first-order chi connectivity index (χ1) is 3.91. The van der Waals surface area contributed by atoms with Crippen molar-refractivity contribution in [2.24, 2.45) is 16.7 Å². The Labute approximate surface area is 51.2 Å². The molecule has 0 bridgehead atoms. The molecular weight excluding hydrogens is 149 g/mol. The highest BCUT2D eigenvalue weighted by Crippen LogP contribution is 2.25. The highest BCUT2D eigenvalue weighted by molar-refractivity contribution is 7.45. The van der Waals surface area contributed by atoms with Crippen LogP contribution in [0.5, 0.6) is 0 Å². The monoisotopic (exact) mass is 157 g/mol. The van der Waals surface area contributed by atoms with E-state index in [1.807, 2.05) is 0 Å². The number of rotatable bonds is 0. The molecule has 0 rings (SSSR count). The molecule has 0 fully saturated rings. The van der Waals surface area contributed by atoms with Gasteiger partial charge >= 0.3 is 7.82 Å². The molecule has 0 aromatic heterocycles. The summed E-state index contributed by atoms with van der Waals surface area (Å²) in [5, 5.41) is 2.89. The molecule has 0 atom stereocenters. The van der Waals surface area contributed by atoms with E-state index in [1.54, 1.807) is 0 Å². The third kappa shape index (κ3) is 1480. The first kappa shape index (κ1) is 11.2. The highest BCUT2D eigenvalue weighted by Gasteiger charge is 2.00. The van der Waals surface area contributed by atoms with Gasteiger partial charge in [-0.05, 0) is 0 Å². The van der Waals surface area contributed by atoms with E-state index in [0.29, 0.717) is 0 Å². The largest absolute Gasteiger partial charge is 0.466 e. The molecule has 56 valence electrons. The van der Waals surface area contributed by atoms with E-state index in [4.69, 9.17) is 19.2 Å². The van der Waals surface area contributed by atoms with Crippen LogP contribution in [0.25, 0.3) is 0 Å². The maximum Gasteiger partial charge on any atom is 0.466 e. The SMILES string of the molecule is N/C=N/N.O=P(O)(O)O. The molecule has 0 amide bonds. The van der Waals surface area contributed by atoms with Gasteiger partial charge in [-0.25, -0.2) is 4.57 Å². The molecule has 0 saturated heterocycles. The van der Waals surface area contributed by atoms with Crippen LogP contribution in [0.3, 0.4) is 0 Å². The van der Waals surface area contributed by atoms with E-state index in [-0.39, 0.29) is 0 Å². The van der Waals surface area contributed by atoms with Crippen LogP contribution in [-0.4, -0.2) is 21.0 Å². The normalized spacial score (nSPS) is 10.6. The molecule has 7 nitrogen and oxygen atoms in total. The lowest BCUT2D eigenvalue weighted by molar-refractivity contribution is 0.275.